The summed E-state index contributed by atoms with van der Waals surface area (Å²) in [6.45, 7) is 2.06. The van der Waals surface area contributed by atoms with Crippen molar-refractivity contribution in [3.05, 3.63) is 39.3 Å². The first-order valence-corrected chi connectivity index (χ1v) is 9.38. The number of amides is 1. The predicted octanol–water partition coefficient (Wildman–Crippen LogP) is 4.13. The van der Waals surface area contributed by atoms with Crippen LogP contribution < -0.4 is 0 Å². The maximum absolute atomic E-state index is 12.6. The van der Waals surface area contributed by atoms with Gasteiger partial charge < -0.3 is 10.0 Å². The Labute approximate surface area is 159 Å². The van der Waals surface area contributed by atoms with Crippen LogP contribution in [0.2, 0.25) is 10.0 Å². The molecule has 1 unspecified atom stereocenters. The maximum Gasteiger partial charge on any atom is 0.329 e. The third kappa shape index (κ3) is 3.52. The molecule has 25 heavy (non-hydrogen) atoms. The minimum atomic E-state index is -1.13. The third-order valence-corrected chi connectivity index (χ3v) is 5.92. The van der Waals surface area contributed by atoms with Crippen LogP contribution in [-0.2, 0) is 16.0 Å². The van der Waals surface area contributed by atoms with Crippen molar-refractivity contribution in [1.29, 1.82) is 0 Å². The Morgan fingerprint density at radius 1 is 1.40 bits per heavy atom. The molecule has 3 rings (SSSR count). The molecule has 1 aliphatic rings. The molecule has 8 heteroatoms. The first kappa shape index (κ1) is 18.2. The molecule has 1 atom stereocenters. The lowest BCUT2D eigenvalue weighted by Crippen LogP contribution is -2.51. The molecule has 2 heterocycles. The van der Waals surface area contributed by atoms with Gasteiger partial charge in [-0.3, -0.25) is 4.79 Å². The van der Waals surface area contributed by atoms with Crippen LogP contribution in [0.1, 0.15) is 25.5 Å². The Balaban J connectivity index is 1.77. The molecule has 0 bridgehead atoms. The number of benzene rings is 1. The Morgan fingerprint density at radius 2 is 2.16 bits per heavy atom. The third-order valence-electron chi connectivity index (χ3n) is 4.45. The van der Waals surface area contributed by atoms with Crippen molar-refractivity contribution in [2.75, 3.05) is 6.54 Å². The predicted molar refractivity (Wildman–Crippen MR) is 98.3 cm³/mol. The number of aliphatic carboxylic acids is 1. The topological polar surface area (TPSA) is 70.5 Å². The zero-order valence-corrected chi connectivity index (χ0v) is 15.8. The molecule has 132 valence electrons. The van der Waals surface area contributed by atoms with E-state index in [1.165, 1.54) is 16.2 Å². The van der Waals surface area contributed by atoms with Gasteiger partial charge >= 0.3 is 5.97 Å². The van der Waals surface area contributed by atoms with Gasteiger partial charge in [0.25, 0.3) is 0 Å². The summed E-state index contributed by atoms with van der Waals surface area (Å²) in [6, 6.07) is 5.17. The lowest BCUT2D eigenvalue weighted by atomic mass is 9.99. The van der Waals surface area contributed by atoms with Crippen molar-refractivity contribution < 1.29 is 14.7 Å². The van der Waals surface area contributed by atoms with E-state index in [-0.39, 0.29) is 12.3 Å². The standard InChI is InChI=1S/C17H16Cl2N2O3S/c1-17(16(23)24)5-2-6-21(17)14(22)8-11-9-25-15(20-11)12-4-3-10(18)7-13(12)19/h3-4,7,9H,2,5-6,8H2,1H3,(H,23,24). The van der Waals surface area contributed by atoms with Crippen molar-refractivity contribution >= 4 is 46.4 Å². The molecule has 1 aliphatic heterocycles. The summed E-state index contributed by atoms with van der Waals surface area (Å²) in [5.74, 6) is -1.19. The maximum atomic E-state index is 12.6. The zero-order chi connectivity index (χ0) is 18.2. The molecular formula is C17H16Cl2N2O3S. The summed E-state index contributed by atoms with van der Waals surface area (Å²) >= 11 is 13.5. The van der Waals surface area contributed by atoms with E-state index in [1.54, 1.807) is 30.5 Å². The number of aromatic nitrogens is 1. The van der Waals surface area contributed by atoms with Crippen molar-refractivity contribution in [3.8, 4) is 10.6 Å². The minimum Gasteiger partial charge on any atom is -0.480 e. The number of hydrogen-bond donors (Lipinski definition) is 1. The van der Waals surface area contributed by atoms with E-state index < -0.39 is 11.5 Å². The van der Waals surface area contributed by atoms with E-state index in [1.807, 2.05) is 0 Å². The highest BCUT2D eigenvalue weighted by Gasteiger charge is 2.45. The van der Waals surface area contributed by atoms with Gasteiger partial charge in [-0.2, -0.15) is 0 Å². The Hall–Kier alpha value is -1.63. The van der Waals surface area contributed by atoms with E-state index in [0.29, 0.717) is 40.1 Å². The number of rotatable bonds is 4. The van der Waals surface area contributed by atoms with Crippen molar-refractivity contribution in [3.63, 3.8) is 0 Å². The number of thiazole rings is 1. The fourth-order valence-corrected chi connectivity index (χ4v) is 4.42. The lowest BCUT2D eigenvalue weighted by molar-refractivity contribution is -0.155. The number of nitrogens with zero attached hydrogens (tertiary/aromatic N) is 2. The van der Waals surface area contributed by atoms with Crippen LogP contribution in [0, 0.1) is 0 Å². The SMILES string of the molecule is CC1(C(=O)O)CCCN1C(=O)Cc1csc(-c2ccc(Cl)cc2Cl)n1. The number of hydrogen-bond acceptors (Lipinski definition) is 4. The fourth-order valence-electron chi connectivity index (χ4n) is 3.01. The molecule has 0 aliphatic carbocycles. The van der Waals surface area contributed by atoms with Crippen LogP contribution in [0.5, 0.6) is 0 Å². The summed E-state index contributed by atoms with van der Waals surface area (Å²) < 4.78 is 0. The van der Waals surface area contributed by atoms with Crippen LogP contribution in [0.15, 0.2) is 23.6 Å². The molecule has 1 saturated heterocycles. The van der Waals surface area contributed by atoms with E-state index in [9.17, 15) is 14.7 Å². The molecule has 1 aromatic carbocycles. The summed E-state index contributed by atoms with van der Waals surface area (Å²) in [4.78, 5) is 30.0. The molecule has 1 N–H and O–H groups in total. The second kappa shape index (κ2) is 6.94. The average molecular weight is 399 g/mol. The summed E-state index contributed by atoms with van der Waals surface area (Å²) in [7, 11) is 0. The van der Waals surface area contributed by atoms with E-state index in [4.69, 9.17) is 23.2 Å². The normalized spacial score (nSPS) is 20.0. The molecule has 1 fully saturated rings. The van der Waals surface area contributed by atoms with Crippen molar-refractivity contribution in [2.24, 2.45) is 0 Å². The van der Waals surface area contributed by atoms with Gasteiger partial charge in [0.05, 0.1) is 17.1 Å². The van der Waals surface area contributed by atoms with E-state index in [2.05, 4.69) is 4.98 Å². The molecule has 2 aromatic rings. The highest BCUT2D eigenvalue weighted by Crippen LogP contribution is 2.33. The molecular weight excluding hydrogens is 383 g/mol. The highest BCUT2D eigenvalue weighted by atomic mass is 35.5. The average Bonchev–Trinajstić information content (AvgIpc) is 3.15. The summed E-state index contributed by atoms with van der Waals surface area (Å²) in [6.07, 6.45) is 1.23. The first-order chi connectivity index (χ1) is 11.8. The van der Waals surface area contributed by atoms with Gasteiger partial charge in [-0.15, -0.1) is 11.3 Å². The second-order valence-electron chi connectivity index (χ2n) is 6.17. The van der Waals surface area contributed by atoms with Gasteiger partial charge in [0, 0.05) is 22.5 Å². The van der Waals surface area contributed by atoms with Gasteiger partial charge in [0.1, 0.15) is 10.5 Å². The van der Waals surface area contributed by atoms with Crippen LogP contribution >= 0.6 is 34.5 Å². The highest BCUT2D eigenvalue weighted by molar-refractivity contribution is 7.13. The van der Waals surface area contributed by atoms with Gasteiger partial charge in [-0.1, -0.05) is 23.2 Å². The zero-order valence-electron chi connectivity index (χ0n) is 13.5. The van der Waals surface area contributed by atoms with Crippen LogP contribution in [0.25, 0.3) is 10.6 Å². The number of halogens is 2. The lowest BCUT2D eigenvalue weighted by Gasteiger charge is -2.31. The number of carboxylic acids is 1. The fraction of sp³-hybridized carbons (Fsp3) is 0.353. The monoisotopic (exact) mass is 398 g/mol. The van der Waals surface area contributed by atoms with Gasteiger partial charge in [-0.05, 0) is 38.0 Å². The molecule has 0 radical (unpaired) electrons. The Kier molecular flexibility index (Phi) is 5.04. The molecule has 5 nitrogen and oxygen atoms in total. The molecule has 0 saturated carbocycles. The van der Waals surface area contributed by atoms with E-state index in [0.717, 1.165) is 5.56 Å². The number of likely N-dealkylation sites (tertiary alicyclic amines) is 1. The Morgan fingerprint density at radius 3 is 2.84 bits per heavy atom. The molecule has 1 amide bonds. The van der Waals surface area contributed by atoms with Gasteiger partial charge in [0.15, 0.2) is 0 Å². The number of carbonyl (C=O) groups is 2. The molecule has 1 aromatic heterocycles. The quantitative estimate of drug-likeness (QED) is 0.840. The second-order valence-corrected chi connectivity index (χ2v) is 7.87. The van der Waals surface area contributed by atoms with Gasteiger partial charge in [-0.25, -0.2) is 9.78 Å². The smallest absolute Gasteiger partial charge is 0.329 e. The van der Waals surface area contributed by atoms with Crippen LogP contribution in [0.3, 0.4) is 0 Å². The van der Waals surface area contributed by atoms with Crippen molar-refractivity contribution in [1.82, 2.24) is 9.88 Å². The number of carboxylic acid groups (broad SMARTS) is 1. The Bertz CT molecular complexity index is 839. The van der Waals surface area contributed by atoms with Crippen LogP contribution in [-0.4, -0.2) is 39.0 Å². The van der Waals surface area contributed by atoms with E-state index >= 15 is 0 Å². The number of carbonyl (C=O) groups excluding carboxylic acids is 1. The van der Waals surface area contributed by atoms with Crippen molar-refractivity contribution in [2.45, 2.75) is 31.7 Å². The summed E-state index contributed by atoms with van der Waals surface area (Å²) in [5.41, 5.74) is 0.233. The van der Waals surface area contributed by atoms with Gasteiger partial charge in [0.2, 0.25) is 5.91 Å². The summed E-state index contributed by atoms with van der Waals surface area (Å²) in [5, 5.41) is 13.0. The minimum absolute atomic E-state index is 0.0740. The van der Waals surface area contributed by atoms with Crippen LogP contribution in [0.4, 0.5) is 0 Å². The molecule has 0 spiro atoms. The first-order valence-electron chi connectivity index (χ1n) is 7.75. The largest absolute Gasteiger partial charge is 0.480 e.